The summed E-state index contributed by atoms with van der Waals surface area (Å²) >= 11 is 0. The molecule has 0 saturated carbocycles. The fourth-order valence-corrected chi connectivity index (χ4v) is 2.68. The Kier molecular flexibility index (Phi) is 6.83. The van der Waals surface area contributed by atoms with Gasteiger partial charge in [-0.25, -0.2) is 0 Å². The lowest BCUT2D eigenvalue weighted by Crippen LogP contribution is -2.49. The molecule has 1 aliphatic heterocycles. The van der Waals surface area contributed by atoms with Crippen molar-refractivity contribution < 1.29 is 14.3 Å². The van der Waals surface area contributed by atoms with E-state index in [9.17, 15) is 4.79 Å². The van der Waals surface area contributed by atoms with Gasteiger partial charge in [0, 0.05) is 26.2 Å². The van der Waals surface area contributed by atoms with Crippen LogP contribution in [0.1, 0.15) is 5.56 Å². The molecule has 6 nitrogen and oxygen atoms in total. The molecule has 1 fully saturated rings. The van der Waals surface area contributed by atoms with Crippen molar-refractivity contribution in [3.05, 3.63) is 29.8 Å². The first kappa shape index (κ1) is 17.7. The molecular formula is C17H27N3O3. The number of hydrogen-bond acceptors (Lipinski definition) is 5. The summed E-state index contributed by atoms with van der Waals surface area (Å²) in [5, 5.41) is 2.97. The summed E-state index contributed by atoms with van der Waals surface area (Å²) in [7, 11) is 5.70. The largest absolute Gasteiger partial charge is 0.497 e. The van der Waals surface area contributed by atoms with Gasteiger partial charge in [0.15, 0.2) is 0 Å². The standard InChI is InChI=1S/C17H27N3O3/c1-19(2)11-16-12-20(7-8-23-16)13-17(21)18-10-14-5-4-6-15(9-14)22-3/h4-6,9,16H,7-8,10-13H2,1-3H3,(H,18,21)/t16-/m0/s1. The number of hydrogen-bond donors (Lipinski definition) is 1. The molecule has 0 bridgehead atoms. The van der Waals surface area contributed by atoms with Crippen LogP contribution in [0, 0.1) is 0 Å². The van der Waals surface area contributed by atoms with Gasteiger partial charge < -0.3 is 19.7 Å². The molecule has 1 N–H and O–H groups in total. The molecule has 128 valence electrons. The summed E-state index contributed by atoms with van der Waals surface area (Å²) in [5.74, 6) is 0.842. The van der Waals surface area contributed by atoms with Gasteiger partial charge in [0.2, 0.25) is 5.91 Å². The second-order valence-corrected chi connectivity index (χ2v) is 6.12. The van der Waals surface area contributed by atoms with Crippen LogP contribution in [0.25, 0.3) is 0 Å². The van der Waals surface area contributed by atoms with Crippen LogP contribution >= 0.6 is 0 Å². The molecule has 1 atom stereocenters. The van der Waals surface area contributed by atoms with E-state index < -0.39 is 0 Å². The minimum atomic E-state index is 0.0401. The zero-order valence-corrected chi connectivity index (χ0v) is 14.2. The molecule has 2 rings (SSSR count). The monoisotopic (exact) mass is 321 g/mol. The minimum absolute atomic E-state index is 0.0401. The minimum Gasteiger partial charge on any atom is -0.497 e. The number of methoxy groups -OCH3 is 1. The van der Waals surface area contributed by atoms with Crippen LogP contribution < -0.4 is 10.1 Å². The molecule has 1 aromatic carbocycles. The number of nitrogens with zero attached hydrogens (tertiary/aromatic N) is 2. The topological polar surface area (TPSA) is 54.0 Å². The van der Waals surface area contributed by atoms with Gasteiger partial charge in [0.05, 0.1) is 26.4 Å². The molecule has 0 spiro atoms. The first-order chi connectivity index (χ1) is 11.1. The van der Waals surface area contributed by atoms with Gasteiger partial charge in [-0.05, 0) is 31.8 Å². The van der Waals surface area contributed by atoms with E-state index in [2.05, 4.69) is 15.1 Å². The highest BCUT2D eigenvalue weighted by Crippen LogP contribution is 2.12. The van der Waals surface area contributed by atoms with Crippen LogP contribution in [0.4, 0.5) is 0 Å². The molecule has 0 aromatic heterocycles. The Labute approximate surface area is 138 Å². The summed E-state index contributed by atoms with van der Waals surface area (Å²) in [6.07, 6.45) is 0.171. The van der Waals surface area contributed by atoms with E-state index in [1.807, 2.05) is 38.4 Å². The van der Waals surface area contributed by atoms with E-state index >= 15 is 0 Å². The molecule has 1 aromatic rings. The van der Waals surface area contributed by atoms with E-state index in [1.54, 1.807) is 7.11 Å². The highest BCUT2D eigenvalue weighted by Gasteiger charge is 2.22. The van der Waals surface area contributed by atoms with Crippen molar-refractivity contribution in [2.24, 2.45) is 0 Å². The fourth-order valence-electron chi connectivity index (χ4n) is 2.68. The maximum absolute atomic E-state index is 12.1. The normalized spacial score (nSPS) is 18.9. The van der Waals surface area contributed by atoms with Crippen LogP contribution in [0.2, 0.25) is 0 Å². The van der Waals surface area contributed by atoms with Crippen molar-refractivity contribution in [1.29, 1.82) is 0 Å². The number of likely N-dealkylation sites (N-methyl/N-ethyl adjacent to an activating group) is 1. The highest BCUT2D eigenvalue weighted by atomic mass is 16.5. The molecule has 1 saturated heterocycles. The number of carbonyl (C=O) groups excluding carboxylic acids is 1. The van der Waals surface area contributed by atoms with Crippen molar-refractivity contribution >= 4 is 5.91 Å². The fraction of sp³-hybridized carbons (Fsp3) is 0.588. The van der Waals surface area contributed by atoms with Crippen molar-refractivity contribution in [1.82, 2.24) is 15.1 Å². The lowest BCUT2D eigenvalue weighted by atomic mass is 10.2. The number of amides is 1. The number of benzene rings is 1. The first-order valence-electron chi connectivity index (χ1n) is 7.95. The third kappa shape index (κ3) is 6.17. The van der Waals surface area contributed by atoms with Crippen molar-refractivity contribution in [3.8, 4) is 5.75 Å². The quantitative estimate of drug-likeness (QED) is 0.796. The predicted molar refractivity (Wildman–Crippen MR) is 89.6 cm³/mol. The zero-order valence-electron chi connectivity index (χ0n) is 14.2. The molecule has 0 radical (unpaired) electrons. The van der Waals surface area contributed by atoms with Gasteiger partial charge in [0.25, 0.3) is 0 Å². The van der Waals surface area contributed by atoms with Crippen LogP contribution in [-0.4, -0.2) is 75.8 Å². The molecule has 23 heavy (non-hydrogen) atoms. The summed E-state index contributed by atoms with van der Waals surface area (Å²) in [6.45, 7) is 4.09. The Balaban J connectivity index is 1.75. The lowest BCUT2D eigenvalue weighted by Gasteiger charge is -2.33. The average molecular weight is 321 g/mol. The van der Waals surface area contributed by atoms with Gasteiger partial charge in [0.1, 0.15) is 5.75 Å². The Morgan fingerprint density at radius 2 is 2.30 bits per heavy atom. The average Bonchev–Trinajstić information content (AvgIpc) is 2.53. The first-order valence-corrected chi connectivity index (χ1v) is 7.95. The smallest absolute Gasteiger partial charge is 0.234 e. The number of ether oxygens (including phenoxy) is 2. The van der Waals surface area contributed by atoms with Crippen LogP contribution in [0.15, 0.2) is 24.3 Å². The van der Waals surface area contributed by atoms with E-state index in [1.165, 1.54) is 0 Å². The summed E-state index contributed by atoms with van der Waals surface area (Å²) in [4.78, 5) is 16.4. The summed E-state index contributed by atoms with van der Waals surface area (Å²) in [6, 6.07) is 7.73. The van der Waals surface area contributed by atoms with Gasteiger partial charge in [-0.1, -0.05) is 12.1 Å². The van der Waals surface area contributed by atoms with E-state index in [0.29, 0.717) is 19.7 Å². The SMILES string of the molecule is COc1cccc(CNC(=O)CN2CCO[C@@H](CN(C)C)C2)c1. The highest BCUT2D eigenvalue weighted by molar-refractivity contribution is 5.78. The number of nitrogens with one attached hydrogen (secondary N) is 1. The number of rotatable bonds is 7. The maximum atomic E-state index is 12.1. The second kappa shape index (κ2) is 8.86. The van der Waals surface area contributed by atoms with Crippen LogP contribution in [0.5, 0.6) is 5.75 Å². The Hall–Kier alpha value is -1.63. The zero-order chi connectivity index (χ0) is 16.7. The van der Waals surface area contributed by atoms with Crippen LogP contribution in [0.3, 0.4) is 0 Å². The Morgan fingerprint density at radius 3 is 3.04 bits per heavy atom. The van der Waals surface area contributed by atoms with Crippen molar-refractivity contribution in [3.63, 3.8) is 0 Å². The summed E-state index contributed by atoms with van der Waals surface area (Å²) < 4.78 is 10.9. The lowest BCUT2D eigenvalue weighted by molar-refractivity contribution is -0.124. The maximum Gasteiger partial charge on any atom is 0.234 e. The third-order valence-corrected chi connectivity index (χ3v) is 3.78. The van der Waals surface area contributed by atoms with Gasteiger partial charge in [-0.2, -0.15) is 0 Å². The molecule has 0 aliphatic carbocycles. The van der Waals surface area contributed by atoms with Gasteiger partial charge >= 0.3 is 0 Å². The van der Waals surface area contributed by atoms with E-state index in [4.69, 9.17) is 9.47 Å². The van der Waals surface area contributed by atoms with Gasteiger partial charge in [-0.3, -0.25) is 9.69 Å². The van der Waals surface area contributed by atoms with Crippen molar-refractivity contribution in [2.75, 3.05) is 54.0 Å². The molecule has 1 amide bonds. The van der Waals surface area contributed by atoms with Gasteiger partial charge in [-0.15, -0.1) is 0 Å². The molecule has 0 unspecified atom stereocenters. The summed E-state index contributed by atoms with van der Waals surface area (Å²) in [5.41, 5.74) is 1.03. The molecule has 6 heteroatoms. The van der Waals surface area contributed by atoms with Crippen molar-refractivity contribution in [2.45, 2.75) is 12.6 Å². The molecule has 1 heterocycles. The second-order valence-electron chi connectivity index (χ2n) is 6.12. The Morgan fingerprint density at radius 1 is 1.48 bits per heavy atom. The molecule has 1 aliphatic rings. The number of morpholine rings is 1. The predicted octanol–water partition coefficient (Wildman–Crippen LogP) is 0.574. The number of carbonyl (C=O) groups is 1. The molecular weight excluding hydrogens is 294 g/mol. The van der Waals surface area contributed by atoms with E-state index in [-0.39, 0.29) is 12.0 Å². The van der Waals surface area contributed by atoms with Crippen LogP contribution in [-0.2, 0) is 16.1 Å². The Bertz CT molecular complexity index is 508. The third-order valence-electron chi connectivity index (χ3n) is 3.78. The van der Waals surface area contributed by atoms with E-state index in [0.717, 1.165) is 30.9 Å².